The molecule has 152 valence electrons. The number of likely N-dealkylation sites (N-methyl/N-ethyl adjacent to an activating group) is 1. The first kappa shape index (κ1) is 21.0. The van der Waals surface area contributed by atoms with Crippen LogP contribution >= 0.6 is 11.6 Å². The fraction of sp³-hybridized carbons (Fsp3) is 0.429. The molecule has 0 aromatic heterocycles. The van der Waals surface area contributed by atoms with Crippen molar-refractivity contribution in [2.45, 2.75) is 18.7 Å². The summed E-state index contributed by atoms with van der Waals surface area (Å²) < 4.78 is 45.5. The van der Waals surface area contributed by atoms with Crippen LogP contribution in [0.3, 0.4) is 0 Å². The van der Waals surface area contributed by atoms with Gasteiger partial charge in [-0.2, -0.15) is 13.2 Å². The minimum absolute atomic E-state index is 0.469. The molecule has 1 aliphatic rings. The van der Waals surface area contributed by atoms with Crippen molar-refractivity contribution in [2.24, 2.45) is 0 Å². The second kappa shape index (κ2) is 9.16. The Balaban J connectivity index is 1.76. The van der Waals surface area contributed by atoms with Crippen LogP contribution < -0.4 is 4.74 Å². The summed E-state index contributed by atoms with van der Waals surface area (Å²) in [5.41, 5.74) is -0.131. The molecular formula is C21H24ClF3N2O. The van der Waals surface area contributed by atoms with E-state index in [1.54, 1.807) is 30.3 Å². The van der Waals surface area contributed by atoms with Crippen LogP contribution in [0.25, 0.3) is 0 Å². The third kappa shape index (κ3) is 5.87. The molecule has 0 amide bonds. The number of rotatable bonds is 6. The topological polar surface area (TPSA) is 15.7 Å². The highest BCUT2D eigenvalue weighted by Crippen LogP contribution is 2.33. The zero-order valence-electron chi connectivity index (χ0n) is 15.8. The molecule has 0 N–H and O–H groups in total. The highest BCUT2D eigenvalue weighted by atomic mass is 35.5. The Morgan fingerprint density at radius 1 is 1.04 bits per heavy atom. The zero-order chi connectivity index (χ0) is 20.1. The largest absolute Gasteiger partial charge is 0.486 e. The van der Waals surface area contributed by atoms with Gasteiger partial charge in [0.05, 0.1) is 5.56 Å². The lowest BCUT2D eigenvalue weighted by Crippen LogP contribution is -2.45. The van der Waals surface area contributed by atoms with Crippen molar-refractivity contribution in [2.75, 3.05) is 39.8 Å². The minimum Gasteiger partial charge on any atom is -0.486 e. The van der Waals surface area contributed by atoms with Gasteiger partial charge in [-0.05, 0) is 49.0 Å². The van der Waals surface area contributed by atoms with E-state index in [0.717, 1.165) is 38.8 Å². The van der Waals surface area contributed by atoms with E-state index >= 15 is 0 Å². The van der Waals surface area contributed by atoms with Crippen LogP contribution in [0.15, 0.2) is 48.5 Å². The van der Waals surface area contributed by atoms with Crippen LogP contribution in [0.5, 0.6) is 5.75 Å². The molecular weight excluding hydrogens is 389 g/mol. The Labute approximate surface area is 168 Å². The van der Waals surface area contributed by atoms with Gasteiger partial charge in [0.1, 0.15) is 11.9 Å². The Morgan fingerprint density at radius 2 is 1.71 bits per heavy atom. The van der Waals surface area contributed by atoms with Gasteiger partial charge in [0.2, 0.25) is 0 Å². The van der Waals surface area contributed by atoms with Crippen molar-refractivity contribution in [1.82, 2.24) is 9.80 Å². The first-order valence-corrected chi connectivity index (χ1v) is 9.69. The molecule has 1 atom stereocenters. The second-order valence-electron chi connectivity index (χ2n) is 7.12. The van der Waals surface area contributed by atoms with Crippen molar-refractivity contribution in [3.05, 3.63) is 64.7 Å². The highest BCUT2D eigenvalue weighted by Gasteiger charge is 2.31. The average Bonchev–Trinajstić information content (AvgIpc) is 2.67. The molecule has 0 saturated carbocycles. The number of nitrogens with zero attached hydrogens (tertiary/aromatic N) is 2. The molecule has 1 saturated heterocycles. The third-order valence-corrected chi connectivity index (χ3v) is 5.23. The number of hydrogen-bond acceptors (Lipinski definition) is 3. The Kier molecular flexibility index (Phi) is 6.86. The molecule has 1 aliphatic heterocycles. The lowest BCUT2D eigenvalue weighted by Gasteiger charge is -2.33. The van der Waals surface area contributed by atoms with Crippen molar-refractivity contribution in [3.8, 4) is 5.75 Å². The molecule has 2 aromatic carbocycles. The Morgan fingerprint density at radius 3 is 2.36 bits per heavy atom. The quantitative estimate of drug-likeness (QED) is 0.655. The molecule has 1 heterocycles. The van der Waals surface area contributed by atoms with Crippen molar-refractivity contribution < 1.29 is 17.9 Å². The summed E-state index contributed by atoms with van der Waals surface area (Å²) in [5.74, 6) is 0.588. The van der Waals surface area contributed by atoms with Crippen LogP contribution in [0.1, 0.15) is 23.7 Å². The van der Waals surface area contributed by atoms with Gasteiger partial charge in [-0.15, -0.1) is 0 Å². The van der Waals surface area contributed by atoms with Gasteiger partial charge in [-0.3, -0.25) is 0 Å². The summed E-state index contributed by atoms with van der Waals surface area (Å²) in [6, 6.07) is 12.3. The van der Waals surface area contributed by atoms with Gasteiger partial charge < -0.3 is 14.5 Å². The van der Waals surface area contributed by atoms with E-state index in [0.29, 0.717) is 22.8 Å². The molecule has 3 nitrogen and oxygen atoms in total. The van der Waals surface area contributed by atoms with Gasteiger partial charge in [0.15, 0.2) is 0 Å². The highest BCUT2D eigenvalue weighted by molar-refractivity contribution is 6.30. The standard InChI is InChI=1S/C21H24ClF3N2O/c1-26-11-13-27(14-12-26)10-9-20(28-19-7-5-18(22)6-8-19)16-3-2-4-17(15-16)21(23,24)25/h2-8,15,20H,9-14H2,1H3. The average molecular weight is 413 g/mol. The molecule has 0 radical (unpaired) electrons. The van der Waals surface area contributed by atoms with Crippen molar-refractivity contribution >= 4 is 11.6 Å². The predicted molar refractivity (Wildman–Crippen MR) is 105 cm³/mol. The van der Waals surface area contributed by atoms with E-state index in [1.165, 1.54) is 12.1 Å². The summed E-state index contributed by atoms with van der Waals surface area (Å²) in [7, 11) is 2.09. The maximum atomic E-state index is 13.1. The Bertz CT molecular complexity index is 759. The molecule has 1 unspecified atom stereocenters. The van der Waals surface area contributed by atoms with Gasteiger partial charge >= 0.3 is 6.18 Å². The normalized spacial score (nSPS) is 17.5. The molecule has 0 bridgehead atoms. The summed E-state index contributed by atoms with van der Waals surface area (Å²) in [6.45, 7) is 4.65. The predicted octanol–water partition coefficient (Wildman–Crippen LogP) is 5.12. The number of hydrogen-bond donors (Lipinski definition) is 0. The van der Waals surface area contributed by atoms with E-state index in [2.05, 4.69) is 16.8 Å². The number of ether oxygens (including phenoxy) is 1. The number of halogens is 4. The lowest BCUT2D eigenvalue weighted by atomic mass is 10.0. The lowest BCUT2D eigenvalue weighted by molar-refractivity contribution is -0.137. The molecule has 1 fully saturated rings. The van der Waals surface area contributed by atoms with Crippen LogP contribution in [0.4, 0.5) is 13.2 Å². The molecule has 0 aliphatic carbocycles. The summed E-state index contributed by atoms with van der Waals surface area (Å²) in [6.07, 6.45) is -4.24. The van der Waals surface area contributed by atoms with Gasteiger partial charge in [0.25, 0.3) is 0 Å². The maximum absolute atomic E-state index is 13.1. The first-order chi connectivity index (χ1) is 13.3. The van der Waals surface area contributed by atoms with Crippen LogP contribution in [0, 0.1) is 0 Å². The third-order valence-electron chi connectivity index (χ3n) is 4.98. The van der Waals surface area contributed by atoms with Gasteiger partial charge in [-0.1, -0.05) is 23.7 Å². The van der Waals surface area contributed by atoms with E-state index in [-0.39, 0.29) is 0 Å². The van der Waals surface area contributed by atoms with Crippen LogP contribution in [0.2, 0.25) is 5.02 Å². The molecule has 0 spiro atoms. The smallest absolute Gasteiger partial charge is 0.416 e. The van der Waals surface area contributed by atoms with Gasteiger partial charge in [0, 0.05) is 44.2 Å². The summed E-state index contributed by atoms with van der Waals surface area (Å²) in [5, 5.41) is 0.584. The molecule has 28 heavy (non-hydrogen) atoms. The second-order valence-corrected chi connectivity index (χ2v) is 7.55. The number of benzene rings is 2. The van der Waals surface area contributed by atoms with Crippen LogP contribution in [-0.2, 0) is 6.18 Å². The minimum atomic E-state index is -4.38. The number of piperazine rings is 1. The zero-order valence-corrected chi connectivity index (χ0v) is 16.5. The maximum Gasteiger partial charge on any atom is 0.416 e. The van der Waals surface area contributed by atoms with E-state index in [4.69, 9.17) is 16.3 Å². The Hall–Kier alpha value is -1.76. The molecule has 3 rings (SSSR count). The van der Waals surface area contributed by atoms with E-state index in [1.807, 2.05) is 0 Å². The van der Waals surface area contributed by atoms with Gasteiger partial charge in [-0.25, -0.2) is 0 Å². The molecule has 7 heteroatoms. The van der Waals surface area contributed by atoms with Crippen molar-refractivity contribution in [3.63, 3.8) is 0 Å². The summed E-state index contributed by atoms with van der Waals surface area (Å²) >= 11 is 5.92. The fourth-order valence-corrected chi connectivity index (χ4v) is 3.38. The first-order valence-electron chi connectivity index (χ1n) is 9.31. The van der Waals surface area contributed by atoms with E-state index < -0.39 is 17.8 Å². The monoisotopic (exact) mass is 412 g/mol. The summed E-state index contributed by atoms with van der Waals surface area (Å²) in [4.78, 5) is 4.59. The fourth-order valence-electron chi connectivity index (χ4n) is 3.26. The molecule has 2 aromatic rings. The van der Waals surface area contributed by atoms with Crippen LogP contribution in [-0.4, -0.2) is 49.6 Å². The number of alkyl halides is 3. The van der Waals surface area contributed by atoms with E-state index in [9.17, 15) is 13.2 Å². The van der Waals surface area contributed by atoms with Crippen molar-refractivity contribution in [1.29, 1.82) is 0 Å². The SMILES string of the molecule is CN1CCN(CCC(Oc2ccc(Cl)cc2)c2cccc(C(F)(F)F)c2)CC1.